The van der Waals surface area contributed by atoms with Gasteiger partial charge in [-0.1, -0.05) is 158 Å². The predicted molar refractivity (Wildman–Crippen MR) is 182 cm³/mol. The fourth-order valence-corrected chi connectivity index (χ4v) is 8.36. The molecule has 0 saturated heterocycles. The lowest BCUT2D eigenvalue weighted by Gasteiger charge is -2.39. The molecule has 0 fully saturated rings. The van der Waals surface area contributed by atoms with E-state index >= 15 is 0 Å². The zero-order valence-corrected chi connectivity index (χ0v) is 26.5. The summed E-state index contributed by atoms with van der Waals surface area (Å²) in [6.45, 7) is 9.57. The molecule has 2 aliphatic rings. The molecule has 0 heterocycles. The predicted octanol–water partition coefficient (Wildman–Crippen LogP) is 12.4. The molecule has 2 unspecified atom stereocenters. The normalized spacial score (nSPS) is 17.8. The van der Waals surface area contributed by atoms with Crippen molar-refractivity contribution in [1.29, 1.82) is 0 Å². The number of benzene rings is 4. The largest absolute Gasteiger partial charge is 0.0654 e. The van der Waals surface area contributed by atoms with Gasteiger partial charge in [-0.2, -0.15) is 0 Å². The number of hydrogen-bond acceptors (Lipinski definition) is 0. The van der Waals surface area contributed by atoms with Gasteiger partial charge >= 0.3 is 0 Å². The highest BCUT2D eigenvalue weighted by Gasteiger charge is 2.45. The Labute approximate surface area is 255 Å². The SMILES string of the molecule is CCCCC(CC)CC1(CC(CC)CCCC)c2ccccc2-c2ccc(-c3ccc4c(c3)Cc3ccccc3-4)cc21. The molecule has 0 saturated carbocycles. The third-order valence-corrected chi connectivity index (χ3v) is 10.8. The maximum Gasteiger partial charge on any atom is 0.0220 e. The smallest absolute Gasteiger partial charge is 0.0220 e. The van der Waals surface area contributed by atoms with Crippen LogP contribution in [0.5, 0.6) is 0 Å². The van der Waals surface area contributed by atoms with Crippen LogP contribution in [0.25, 0.3) is 33.4 Å². The lowest BCUT2D eigenvalue weighted by Crippen LogP contribution is -2.31. The third-order valence-electron chi connectivity index (χ3n) is 10.8. The molecular formula is C42H50. The molecule has 0 bridgehead atoms. The van der Waals surface area contributed by atoms with Crippen molar-refractivity contribution in [2.24, 2.45) is 11.8 Å². The van der Waals surface area contributed by atoms with Crippen LogP contribution in [0.1, 0.15) is 114 Å². The van der Waals surface area contributed by atoms with E-state index in [0.717, 1.165) is 18.3 Å². The third kappa shape index (κ3) is 5.27. The van der Waals surface area contributed by atoms with Gasteiger partial charge in [0.05, 0.1) is 0 Å². The van der Waals surface area contributed by atoms with E-state index in [1.54, 1.807) is 11.1 Å². The van der Waals surface area contributed by atoms with Crippen LogP contribution in [0.4, 0.5) is 0 Å². The van der Waals surface area contributed by atoms with Gasteiger partial charge in [0.1, 0.15) is 0 Å². The summed E-state index contributed by atoms with van der Waals surface area (Å²) in [5, 5.41) is 0. The van der Waals surface area contributed by atoms with Crippen molar-refractivity contribution in [3.05, 3.63) is 107 Å². The molecule has 0 heteroatoms. The number of fused-ring (bicyclic) bond motifs is 6. The maximum absolute atomic E-state index is 2.62. The van der Waals surface area contributed by atoms with Crippen LogP contribution in [0.15, 0.2) is 84.9 Å². The molecule has 4 aromatic rings. The molecule has 0 aliphatic heterocycles. The van der Waals surface area contributed by atoms with Gasteiger partial charge in [0.25, 0.3) is 0 Å². The Balaban J connectivity index is 1.46. The summed E-state index contributed by atoms with van der Waals surface area (Å²) in [5.74, 6) is 1.52. The van der Waals surface area contributed by atoms with E-state index in [2.05, 4.69) is 113 Å². The van der Waals surface area contributed by atoms with Crippen LogP contribution >= 0.6 is 0 Å². The highest BCUT2D eigenvalue weighted by atomic mass is 14.5. The summed E-state index contributed by atoms with van der Waals surface area (Å²) in [5.41, 5.74) is 14.8. The first kappa shape index (κ1) is 29.0. The van der Waals surface area contributed by atoms with E-state index < -0.39 is 0 Å². The van der Waals surface area contributed by atoms with E-state index in [0.29, 0.717) is 0 Å². The molecule has 6 rings (SSSR count). The second kappa shape index (κ2) is 12.6. The molecular weight excluding hydrogens is 504 g/mol. The lowest BCUT2D eigenvalue weighted by molar-refractivity contribution is 0.266. The Morgan fingerprint density at radius 1 is 0.548 bits per heavy atom. The minimum absolute atomic E-state index is 0.0950. The summed E-state index contributed by atoms with van der Waals surface area (Å²) in [6.07, 6.45) is 14.1. The number of unbranched alkanes of at least 4 members (excludes halogenated alkanes) is 2. The highest BCUT2D eigenvalue weighted by molar-refractivity contribution is 5.85. The van der Waals surface area contributed by atoms with Crippen molar-refractivity contribution in [3.8, 4) is 33.4 Å². The molecule has 42 heavy (non-hydrogen) atoms. The lowest BCUT2D eigenvalue weighted by atomic mass is 9.65. The fourth-order valence-electron chi connectivity index (χ4n) is 8.36. The topological polar surface area (TPSA) is 0 Å². The second-order valence-corrected chi connectivity index (χ2v) is 13.3. The van der Waals surface area contributed by atoms with Crippen LogP contribution < -0.4 is 0 Å². The molecule has 0 amide bonds. The van der Waals surface area contributed by atoms with Gasteiger partial charge in [-0.25, -0.2) is 0 Å². The molecule has 0 spiro atoms. The monoisotopic (exact) mass is 554 g/mol. The molecule has 0 aromatic heterocycles. The van der Waals surface area contributed by atoms with E-state index in [-0.39, 0.29) is 5.41 Å². The Kier molecular flexibility index (Phi) is 8.71. The van der Waals surface area contributed by atoms with Crippen molar-refractivity contribution >= 4 is 0 Å². The van der Waals surface area contributed by atoms with Crippen LogP contribution in [-0.2, 0) is 11.8 Å². The molecule has 4 aromatic carbocycles. The van der Waals surface area contributed by atoms with E-state index in [9.17, 15) is 0 Å². The Bertz CT molecular complexity index is 1500. The summed E-state index contributed by atoms with van der Waals surface area (Å²) < 4.78 is 0. The molecule has 2 aliphatic carbocycles. The van der Waals surface area contributed by atoms with E-state index in [1.807, 2.05) is 0 Å². The molecule has 0 nitrogen and oxygen atoms in total. The van der Waals surface area contributed by atoms with Gasteiger partial charge in [0.15, 0.2) is 0 Å². The standard InChI is InChI=1S/C42H50/c1-5-9-15-30(7-3)28-42(29-31(8-4)16-10-6-2)40-20-14-13-19-38(40)39-24-22-33(27-41(39)42)32-21-23-37-35(25-32)26-34-17-11-12-18-36(34)37/h11-14,17-25,27,30-31H,5-10,15-16,26,28-29H2,1-4H3. The second-order valence-electron chi connectivity index (χ2n) is 13.3. The van der Waals surface area contributed by atoms with Crippen molar-refractivity contribution in [1.82, 2.24) is 0 Å². The Morgan fingerprint density at radius 3 is 1.76 bits per heavy atom. The minimum atomic E-state index is 0.0950. The van der Waals surface area contributed by atoms with Crippen molar-refractivity contribution in [2.75, 3.05) is 0 Å². The van der Waals surface area contributed by atoms with Gasteiger partial charge < -0.3 is 0 Å². The maximum atomic E-state index is 2.62. The van der Waals surface area contributed by atoms with Gasteiger partial charge in [-0.15, -0.1) is 0 Å². The average molecular weight is 555 g/mol. The number of hydrogen-bond donors (Lipinski definition) is 0. The summed E-state index contributed by atoms with van der Waals surface area (Å²) in [7, 11) is 0. The van der Waals surface area contributed by atoms with Crippen LogP contribution in [0.2, 0.25) is 0 Å². The Morgan fingerprint density at radius 2 is 1.10 bits per heavy atom. The fraction of sp³-hybridized carbons (Fsp3) is 0.429. The van der Waals surface area contributed by atoms with Gasteiger partial charge in [0.2, 0.25) is 0 Å². The average Bonchev–Trinajstić information content (AvgIpc) is 3.54. The summed E-state index contributed by atoms with van der Waals surface area (Å²) in [6, 6.07) is 33.1. The van der Waals surface area contributed by atoms with Crippen molar-refractivity contribution in [3.63, 3.8) is 0 Å². The summed E-state index contributed by atoms with van der Waals surface area (Å²) >= 11 is 0. The highest BCUT2D eigenvalue weighted by Crippen LogP contribution is 2.57. The first-order valence-corrected chi connectivity index (χ1v) is 17.1. The van der Waals surface area contributed by atoms with Crippen LogP contribution in [0.3, 0.4) is 0 Å². The first-order valence-electron chi connectivity index (χ1n) is 17.1. The molecule has 218 valence electrons. The summed E-state index contributed by atoms with van der Waals surface area (Å²) in [4.78, 5) is 0. The minimum Gasteiger partial charge on any atom is -0.0654 e. The van der Waals surface area contributed by atoms with Gasteiger partial charge in [-0.05, 0) is 92.8 Å². The Hall–Kier alpha value is -3.12. The quantitative estimate of drug-likeness (QED) is 0.136. The van der Waals surface area contributed by atoms with Crippen LogP contribution in [0, 0.1) is 11.8 Å². The first-order chi connectivity index (χ1) is 20.6. The number of rotatable bonds is 13. The van der Waals surface area contributed by atoms with Crippen molar-refractivity contribution in [2.45, 2.75) is 104 Å². The molecule has 0 N–H and O–H groups in total. The van der Waals surface area contributed by atoms with E-state index in [1.165, 1.54) is 109 Å². The van der Waals surface area contributed by atoms with Crippen molar-refractivity contribution < 1.29 is 0 Å². The molecule has 0 radical (unpaired) electrons. The zero-order valence-electron chi connectivity index (χ0n) is 26.5. The van der Waals surface area contributed by atoms with Gasteiger partial charge in [0, 0.05) is 5.41 Å². The zero-order chi connectivity index (χ0) is 29.1. The van der Waals surface area contributed by atoms with Gasteiger partial charge in [-0.3, -0.25) is 0 Å². The molecule has 2 atom stereocenters. The van der Waals surface area contributed by atoms with E-state index in [4.69, 9.17) is 0 Å². The van der Waals surface area contributed by atoms with Crippen LogP contribution in [-0.4, -0.2) is 0 Å².